The summed E-state index contributed by atoms with van der Waals surface area (Å²) in [6.07, 6.45) is 4.63. The molecule has 168 valence electrons. The van der Waals surface area contributed by atoms with E-state index in [1.807, 2.05) is 53.6 Å². The predicted octanol–water partition coefficient (Wildman–Crippen LogP) is 3.71. The van der Waals surface area contributed by atoms with E-state index in [9.17, 15) is 9.59 Å². The molecule has 0 spiro atoms. The Hall–Kier alpha value is -3.54. The van der Waals surface area contributed by atoms with Crippen molar-refractivity contribution >= 4 is 28.4 Å². The number of benzene rings is 2. The predicted molar refractivity (Wildman–Crippen MR) is 129 cm³/mol. The van der Waals surface area contributed by atoms with E-state index in [1.165, 1.54) is 0 Å². The van der Waals surface area contributed by atoms with Gasteiger partial charge in [-0.3, -0.25) is 9.59 Å². The van der Waals surface area contributed by atoms with E-state index in [2.05, 4.69) is 48.2 Å². The van der Waals surface area contributed by atoms with E-state index in [4.69, 9.17) is 0 Å². The molecule has 0 radical (unpaired) electrons. The molecular weight excluding hydrogens is 412 g/mol. The maximum atomic E-state index is 13.9. The van der Waals surface area contributed by atoms with Crippen LogP contribution in [0, 0.1) is 5.41 Å². The van der Waals surface area contributed by atoms with Crippen molar-refractivity contribution in [3.8, 4) is 0 Å². The van der Waals surface area contributed by atoms with Crippen molar-refractivity contribution in [2.45, 2.75) is 50.4 Å². The Labute approximate surface area is 193 Å². The van der Waals surface area contributed by atoms with Crippen LogP contribution in [-0.2, 0) is 21.4 Å². The lowest BCUT2D eigenvalue weighted by Crippen LogP contribution is -2.64. The number of nitrogens with zero attached hydrogens (tertiary/aromatic N) is 1. The van der Waals surface area contributed by atoms with Gasteiger partial charge in [-0.15, -0.1) is 6.58 Å². The van der Waals surface area contributed by atoms with Gasteiger partial charge < -0.3 is 20.5 Å². The minimum Gasteiger partial charge on any atom is -0.364 e. The molecule has 0 aliphatic carbocycles. The van der Waals surface area contributed by atoms with Crippen LogP contribution in [0.3, 0.4) is 0 Å². The number of fused-ring (bicyclic) bond motifs is 6. The number of allylic oxidation sites excluding steroid dienone is 1. The second-order valence-corrected chi connectivity index (χ2v) is 10.1. The van der Waals surface area contributed by atoms with E-state index in [0.717, 1.165) is 27.7 Å². The van der Waals surface area contributed by atoms with Gasteiger partial charge in [-0.1, -0.05) is 56.3 Å². The van der Waals surface area contributed by atoms with Gasteiger partial charge in [-0.25, -0.2) is 0 Å². The summed E-state index contributed by atoms with van der Waals surface area (Å²) in [5, 5.41) is 7.73. The maximum Gasteiger partial charge on any atom is 0.247 e. The van der Waals surface area contributed by atoms with Crippen LogP contribution in [0.25, 0.3) is 10.9 Å². The molecule has 1 aromatic heterocycles. The number of rotatable bonds is 4. The Bertz CT molecular complexity index is 1310. The fourth-order valence-corrected chi connectivity index (χ4v) is 6.34. The number of carbonyl (C=O) groups excluding carboxylic acids is 2. The van der Waals surface area contributed by atoms with Gasteiger partial charge in [0.25, 0.3) is 0 Å². The van der Waals surface area contributed by atoms with Crippen LogP contribution in [-0.4, -0.2) is 39.9 Å². The largest absolute Gasteiger partial charge is 0.364 e. The first-order valence-corrected chi connectivity index (χ1v) is 11.5. The van der Waals surface area contributed by atoms with Crippen molar-refractivity contribution in [1.82, 2.24) is 15.2 Å². The zero-order valence-electron chi connectivity index (χ0n) is 18.9. The van der Waals surface area contributed by atoms with Gasteiger partial charge in [-0.05, 0) is 35.1 Å². The molecule has 6 heteroatoms. The summed E-state index contributed by atoms with van der Waals surface area (Å²) in [5.41, 5.74) is 3.48. The number of anilines is 1. The van der Waals surface area contributed by atoms with Gasteiger partial charge in [0.15, 0.2) is 0 Å². The quantitative estimate of drug-likeness (QED) is 0.542. The second kappa shape index (κ2) is 6.73. The van der Waals surface area contributed by atoms with E-state index in [1.54, 1.807) is 0 Å². The highest BCUT2D eigenvalue weighted by Gasteiger charge is 2.67. The van der Waals surface area contributed by atoms with Crippen LogP contribution < -0.4 is 10.6 Å². The second-order valence-electron chi connectivity index (χ2n) is 10.1. The molecule has 2 amide bonds. The molecule has 0 unspecified atom stereocenters. The number of para-hydroxylation sites is 2. The average Bonchev–Trinajstić information content (AvgIpc) is 3.47. The highest BCUT2D eigenvalue weighted by molar-refractivity contribution is 5.99. The molecule has 2 saturated heterocycles. The van der Waals surface area contributed by atoms with Crippen LogP contribution in [0.5, 0.6) is 0 Å². The Morgan fingerprint density at radius 2 is 1.88 bits per heavy atom. The van der Waals surface area contributed by atoms with Crippen molar-refractivity contribution < 1.29 is 9.59 Å². The number of aromatic nitrogens is 1. The van der Waals surface area contributed by atoms with Crippen LogP contribution in [0.2, 0.25) is 0 Å². The molecule has 3 aliphatic heterocycles. The Morgan fingerprint density at radius 1 is 1.12 bits per heavy atom. The minimum absolute atomic E-state index is 0.0306. The number of aromatic amines is 1. The summed E-state index contributed by atoms with van der Waals surface area (Å²) < 4.78 is 0. The van der Waals surface area contributed by atoms with E-state index in [0.29, 0.717) is 12.8 Å². The van der Waals surface area contributed by atoms with Crippen molar-refractivity contribution in [3.05, 3.63) is 78.5 Å². The van der Waals surface area contributed by atoms with Gasteiger partial charge in [0, 0.05) is 34.6 Å². The Kier molecular flexibility index (Phi) is 4.10. The standard InChI is InChI=1S/C27H28N4O2/c1-4-26(2,3)27-14-22-23(32)29-21(13-16-15-28-19-11-7-5-9-17(16)19)24(33)31(22)25(27)30-20-12-8-6-10-18(20)27/h4-12,15,21-22,25,28,30H,1,13-14H2,2-3H3,(H,29,32)/t21-,22-,25+,27-/m0/s1. The van der Waals surface area contributed by atoms with Gasteiger partial charge in [0.2, 0.25) is 11.8 Å². The third kappa shape index (κ3) is 2.55. The van der Waals surface area contributed by atoms with Crippen LogP contribution >= 0.6 is 0 Å². The molecule has 6 nitrogen and oxygen atoms in total. The summed E-state index contributed by atoms with van der Waals surface area (Å²) in [7, 11) is 0. The topological polar surface area (TPSA) is 77.2 Å². The van der Waals surface area contributed by atoms with Crippen LogP contribution in [0.1, 0.15) is 31.4 Å². The zero-order valence-corrected chi connectivity index (χ0v) is 18.9. The van der Waals surface area contributed by atoms with E-state index < -0.39 is 17.5 Å². The lowest BCUT2D eigenvalue weighted by Gasteiger charge is -2.44. The van der Waals surface area contributed by atoms with Crippen LogP contribution in [0.15, 0.2) is 67.4 Å². The van der Waals surface area contributed by atoms with Crippen molar-refractivity contribution in [2.75, 3.05) is 5.32 Å². The molecule has 2 fully saturated rings. The normalized spacial score (nSPS) is 28.2. The van der Waals surface area contributed by atoms with Crippen molar-refractivity contribution in [1.29, 1.82) is 0 Å². The molecule has 3 aromatic rings. The van der Waals surface area contributed by atoms with Crippen molar-refractivity contribution in [3.63, 3.8) is 0 Å². The van der Waals surface area contributed by atoms with Gasteiger partial charge in [0.1, 0.15) is 18.2 Å². The molecule has 4 heterocycles. The minimum atomic E-state index is -0.596. The van der Waals surface area contributed by atoms with Crippen LogP contribution in [0.4, 0.5) is 5.69 Å². The number of amides is 2. The first kappa shape index (κ1) is 20.1. The smallest absolute Gasteiger partial charge is 0.247 e. The highest BCUT2D eigenvalue weighted by Crippen LogP contribution is 2.60. The molecule has 2 aromatic carbocycles. The first-order chi connectivity index (χ1) is 15.9. The Morgan fingerprint density at radius 3 is 2.70 bits per heavy atom. The van der Waals surface area contributed by atoms with Gasteiger partial charge in [-0.2, -0.15) is 0 Å². The third-order valence-corrected chi connectivity index (χ3v) is 8.23. The number of piperazine rings is 1. The van der Waals surface area contributed by atoms with E-state index >= 15 is 0 Å². The number of hydrogen-bond acceptors (Lipinski definition) is 3. The molecule has 3 aliphatic rings. The molecule has 0 bridgehead atoms. The zero-order chi connectivity index (χ0) is 23.0. The summed E-state index contributed by atoms with van der Waals surface area (Å²) >= 11 is 0. The fraction of sp³-hybridized carbons (Fsp3) is 0.333. The fourth-order valence-electron chi connectivity index (χ4n) is 6.34. The van der Waals surface area contributed by atoms with Gasteiger partial charge >= 0.3 is 0 Å². The number of H-pyrrole nitrogens is 1. The SMILES string of the molecule is C=CC(C)(C)[C@]12C[C@H]3C(=O)N[C@@H](Cc4c[nH]c5ccccc45)C(=O)N3[C@H]1Nc1ccccc12. The monoisotopic (exact) mass is 440 g/mol. The highest BCUT2D eigenvalue weighted by atomic mass is 16.2. The molecule has 3 N–H and O–H groups in total. The lowest BCUT2D eigenvalue weighted by molar-refractivity contribution is -0.148. The van der Waals surface area contributed by atoms with E-state index in [-0.39, 0.29) is 23.4 Å². The summed E-state index contributed by atoms with van der Waals surface area (Å²) in [4.78, 5) is 32.4. The van der Waals surface area contributed by atoms with Crippen molar-refractivity contribution in [2.24, 2.45) is 5.41 Å². The number of nitrogens with one attached hydrogen (secondary N) is 3. The molecule has 6 rings (SSSR count). The number of carbonyl (C=O) groups is 2. The molecule has 33 heavy (non-hydrogen) atoms. The lowest BCUT2D eigenvalue weighted by atomic mass is 9.60. The average molecular weight is 441 g/mol. The molecule has 0 saturated carbocycles. The summed E-state index contributed by atoms with van der Waals surface area (Å²) in [6, 6.07) is 15.1. The molecule has 4 atom stereocenters. The Balaban J connectivity index is 1.41. The third-order valence-electron chi connectivity index (χ3n) is 8.23. The summed E-state index contributed by atoms with van der Waals surface area (Å²) in [6.45, 7) is 8.43. The number of hydrogen-bond donors (Lipinski definition) is 3. The maximum absolute atomic E-state index is 13.9. The van der Waals surface area contributed by atoms with Gasteiger partial charge in [0.05, 0.1) is 0 Å². The summed E-state index contributed by atoms with van der Waals surface area (Å²) in [5.74, 6) is -0.107. The molecular formula is C27H28N4O2. The first-order valence-electron chi connectivity index (χ1n) is 11.5.